The fourth-order valence-electron chi connectivity index (χ4n) is 3.87. The van der Waals surface area contributed by atoms with Gasteiger partial charge >= 0.3 is 0 Å². The number of likely N-dealkylation sites (tertiary alicyclic amines) is 1. The van der Waals surface area contributed by atoms with Crippen molar-refractivity contribution >= 4 is 48.3 Å². The van der Waals surface area contributed by atoms with Crippen molar-refractivity contribution in [3.05, 3.63) is 18.2 Å². The van der Waals surface area contributed by atoms with Crippen LogP contribution in [0, 0.1) is 5.92 Å². The van der Waals surface area contributed by atoms with Gasteiger partial charge in [-0.2, -0.15) is 0 Å². The molecule has 7 nitrogen and oxygen atoms in total. The van der Waals surface area contributed by atoms with Crippen LogP contribution in [0.5, 0.6) is 0 Å². The predicted octanol–water partition coefficient (Wildman–Crippen LogP) is 2.43. The van der Waals surface area contributed by atoms with Gasteiger partial charge in [-0.1, -0.05) is 24.2 Å². The van der Waals surface area contributed by atoms with Crippen molar-refractivity contribution in [2.45, 2.75) is 43.0 Å². The summed E-state index contributed by atoms with van der Waals surface area (Å²) in [6.07, 6.45) is 5.75. The molecule has 1 aromatic heterocycles. The van der Waals surface area contributed by atoms with Crippen LogP contribution in [0.25, 0.3) is 10.2 Å². The van der Waals surface area contributed by atoms with Gasteiger partial charge in [-0.3, -0.25) is 9.59 Å². The summed E-state index contributed by atoms with van der Waals surface area (Å²) in [6, 6.07) is 5.00. The van der Waals surface area contributed by atoms with Crippen LogP contribution in [0.1, 0.15) is 32.1 Å². The Balaban J connectivity index is 1.47. The van der Waals surface area contributed by atoms with E-state index in [4.69, 9.17) is 0 Å². The third-order valence-electron chi connectivity index (χ3n) is 5.31. The van der Waals surface area contributed by atoms with Crippen molar-refractivity contribution in [1.29, 1.82) is 0 Å². The molecule has 0 spiro atoms. The van der Waals surface area contributed by atoms with E-state index in [1.807, 2.05) is 4.90 Å². The van der Waals surface area contributed by atoms with Crippen molar-refractivity contribution < 1.29 is 18.0 Å². The highest BCUT2D eigenvalue weighted by Gasteiger charge is 2.38. The summed E-state index contributed by atoms with van der Waals surface area (Å²) in [5.41, 5.74) is 0.637. The van der Waals surface area contributed by atoms with Gasteiger partial charge in [-0.05, 0) is 31.0 Å². The van der Waals surface area contributed by atoms with E-state index in [0.29, 0.717) is 21.9 Å². The van der Waals surface area contributed by atoms with Crippen LogP contribution in [-0.2, 0) is 19.4 Å². The summed E-state index contributed by atoms with van der Waals surface area (Å²) >= 11 is 1.24. The highest BCUT2D eigenvalue weighted by Crippen LogP contribution is 2.31. The second kappa shape index (κ2) is 6.87. The van der Waals surface area contributed by atoms with Crippen LogP contribution in [-0.4, -0.2) is 49.0 Å². The van der Waals surface area contributed by atoms with Crippen molar-refractivity contribution in [2.75, 3.05) is 18.1 Å². The van der Waals surface area contributed by atoms with Gasteiger partial charge in [0, 0.05) is 25.3 Å². The van der Waals surface area contributed by atoms with Gasteiger partial charge < -0.3 is 10.2 Å². The number of hydrogen-bond donors (Lipinski definition) is 1. The lowest BCUT2D eigenvalue weighted by atomic mass is 10.1. The Kier molecular flexibility index (Phi) is 4.67. The number of carbonyl (C=O) groups is 2. The maximum absolute atomic E-state index is 12.6. The summed E-state index contributed by atoms with van der Waals surface area (Å²) in [5.74, 6) is -0.507. The van der Waals surface area contributed by atoms with Gasteiger partial charge in [0.25, 0.3) is 0 Å². The summed E-state index contributed by atoms with van der Waals surface area (Å²) in [4.78, 5) is 31.3. The molecule has 0 radical (unpaired) electrons. The molecule has 144 valence electrons. The van der Waals surface area contributed by atoms with Gasteiger partial charge in [0.2, 0.25) is 11.8 Å². The number of amides is 2. The molecule has 2 aliphatic rings. The van der Waals surface area contributed by atoms with Crippen LogP contribution in [0.15, 0.2) is 23.1 Å². The number of aromatic nitrogens is 1. The van der Waals surface area contributed by atoms with Gasteiger partial charge in [-0.15, -0.1) is 0 Å². The molecular formula is C18H21N3O4S2. The molecule has 1 aromatic carbocycles. The molecule has 1 aliphatic carbocycles. The van der Waals surface area contributed by atoms with Gasteiger partial charge in [0.15, 0.2) is 15.0 Å². The van der Waals surface area contributed by atoms with E-state index >= 15 is 0 Å². The van der Waals surface area contributed by atoms with Gasteiger partial charge in [-0.25, -0.2) is 13.4 Å². The number of fused-ring (bicyclic) bond motifs is 1. The number of hydrogen-bond acceptors (Lipinski definition) is 6. The van der Waals surface area contributed by atoms with Crippen molar-refractivity contribution in [3.63, 3.8) is 0 Å². The zero-order valence-electron chi connectivity index (χ0n) is 15.0. The molecule has 0 bridgehead atoms. The Morgan fingerprint density at radius 2 is 2.04 bits per heavy atom. The minimum atomic E-state index is -3.29. The Hall–Kier alpha value is -2.00. The molecular weight excluding hydrogens is 386 g/mol. The summed E-state index contributed by atoms with van der Waals surface area (Å²) in [7, 11) is -3.29. The third kappa shape index (κ3) is 3.70. The lowest BCUT2D eigenvalue weighted by Crippen LogP contribution is -2.35. The van der Waals surface area contributed by atoms with Crippen molar-refractivity contribution in [1.82, 2.24) is 9.88 Å². The number of anilines is 1. The Morgan fingerprint density at radius 1 is 1.30 bits per heavy atom. The second-order valence-electron chi connectivity index (χ2n) is 7.30. The standard InChI is InChI=1S/C18H21N3O4S2/c1-27(24,25)13-6-7-14-15(9-13)26-18(19-14)20-17(23)11-8-16(22)21(10-11)12-4-2-3-5-12/h6-7,9,11-12H,2-5,8,10H2,1H3,(H,19,20,23). The first-order chi connectivity index (χ1) is 12.8. The average Bonchev–Trinajstić information content (AvgIpc) is 3.31. The zero-order chi connectivity index (χ0) is 19.2. The largest absolute Gasteiger partial charge is 0.339 e. The minimum absolute atomic E-state index is 0.0594. The van der Waals surface area contributed by atoms with E-state index in [9.17, 15) is 18.0 Å². The highest BCUT2D eigenvalue weighted by molar-refractivity contribution is 7.90. The van der Waals surface area contributed by atoms with E-state index in [-0.39, 0.29) is 35.1 Å². The first-order valence-corrected chi connectivity index (χ1v) is 11.7. The van der Waals surface area contributed by atoms with Crippen LogP contribution >= 0.6 is 11.3 Å². The van der Waals surface area contributed by atoms with E-state index in [1.165, 1.54) is 17.4 Å². The first-order valence-electron chi connectivity index (χ1n) is 9.02. The summed E-state index contributed by atoms with van der Waals surface area (Å²) in [6.45, 7) is 0.471. The molecule has 1 saturated heterocycles. The minimum Gasteiger partial charge on any atom is -0.339 e. The monoisotopic (exact) mass is 407 g/mol. The molecule has 2 fully saturated rings. The molecule has 1 aliphatic heterocycles. The van der Waals surface area contributed by atoms with E-state index in [0.717, 1.165) is 31.9 Å². The average molecular weight is 408 g/mol. The number of benzene rings is 1. The molecule has 27 heavy (non-hydrogen) atoms. The van der Waals surface area contributed by atoms with Crippen LogP contribution in [0.4, 0.5) is 5.13 Å². The van der Waals surface area contributed by atoms with Crippen LogP contribution in [0.2, 0.25) is 0 Å². The second-order valence-corrected chi connectivity index (χ2v) is 10.3. The maximum Gasteiger partial charge on any atom is 0.231 e. The topological polar surface area (TPSA) is 96.4 Å². The maximum atomic E-state index is 12.6. The third-order valence-corrected chi connectivity index (χ3v) is 7.36. The number of sulfone groups is 1. The number of rotatable bonds is 4. The number of nitrogens with one attached hydrogen (secondary N) is 1. The molecule has 1 atom stereocenters. The fraction of sp³-hybridized carbons (Fsp3) is 0.500. The van der Waals surface area contributed by atoms with E-state index in [1.54, 1.807) is 12.1 Å². The Bertz CT molecular complexity index is 1010. The normalized spacial score (nSPS) is 21.3. The molecule has 1 N–H and O–H groups in total. The van der Waals surface area contributed by atoms with Crippen LogP contribution < -0.4 is 5.32 Å². The summed E-state index contributed by atoms with van der Waals surface area (Å²) < 4.78 is 24.1. The number of carbonyl (C=O) groups excluding carboxylic acids is 2. The van der Waals surface area contributed by atoms with Gasteiger partial charge in [0.1, 0.15) is 0 Å². The molecule has 2 heterocycles. The highest BCUT2D eigenvalue weighted by atomic mass is 32.2. The van der Waals surface area contributed by atoms with Crippen molar-refractivity contribution in [2.24, 2.45) is 5.92 Å². The summed E-state index contributed by atoms with van der Waals surface area (Å²) in [5, 5.41) is 3.23. The lowest BCUT2D eigenvalue weighted by molar-refractivity contribution is -0.129. The van der Waals surface area contributed by atoms with Crippen LogP contribution in [0.3, 0.4) is 0 Å². The van der Waals surface area contributed by atoms with E-state index in [2.05, 4.69) is 10.3 Å². The quantitative estimate of drug-likeness (QED) is 0.840. The molecule has 2 aromatic rings. The lowest BCUT2D eigenvalue weighted by Gasteiger charge is -2.23. The number of nitrogens with zero attached hydrogens (tertiary/aromatic N) is 2. The molecule has 2 amide bonds. The molecule has 4 rings (SSSR count). The zero-order valence-corrected chi connectivity index (χ0v) is 16.6. The predicted molar refractivity (Wildman–Crippen MR) is 103 cm³/mol. The van der Waals surface area contributed by atoms with E-state index < -0.39 is 9.84 Å². The number of thiazole rings is 1. The first kappa shape index (κ1) is 18.4. The SMILES string of the molecule is CS(=O)(=O)c1ccc2nc(NC(=O)C3CC(=O)N(C4CCCC4)C3)sc2c1. The Labute approximate surface area is 161 Å². The Morgan fingerprint density at radius 3 is 2.74 bits per heavy atom. The molecule has 9 heteroatoms. The smallest absolute Gasteiger partial charge is 0.231 e. The van der Waals surface area contributed by atoms with Crippen molar-refractivity contribution in [3.8, 4) is 0 Å². The van der Waals surface area contributed by atoms with Gasteiger partial charge in [0.05, 0.1) is 21.0 Å². The fourth-order valence-corrected chi connectivity index (χ4v) is 5.50. The molecule has 1 unspecified atom stereocenters. The molecule has 1 saturated carbocycles.